The Morgan fingerprint density at radius 3 is 2.55 bits per heavy atom. The number of fused-ring (bicyclic) bond motifs is 5. The molecule has 0 amide bonds. The summed E-state index contributed by atoms with van der Waals surface area (Å²) in [5.41, 5.74) is 4.17. The van der Waals surface area contributed by atoms with Crippen LogP contribution in [0.2, 0.25) is 0 Å². The van der Waals surface area contributed by atoms with Crippen molar-refractivity contribution in [3.8, 4) is 0 Å². The maximum Gasteiger partial charge on any atom is 0.160 e. The molecule has 0 aromatic heterocycles. The van der Waals surface area contributed by atoms with Crippen LogP contribution >= 0.6 is 0 Å². The molecule has 5 aliphatic rings. The molecule has 0 N–H and O–H groups in total. The second-order valence-corrected chi connectivity index (χ2v) is 7.37. The Morgan fingerprint density at radius 1 is 0.950 bits per heavy atom. The van der Waals surface area contributed by atoms with Crippen molar-refractivity contribution in [1.29, 1.82) is 0 Å². The van der Waals surface area contributed by atoms with Crippen LogP contribution in [-0.2, 0) is 9.59 Å². The van der Waals surface area contributed by atoms with Crippen molar-refractivity contribution in [3.05, 3.63) is 22.8 Å². The van der Waals surface area contributed by atoms with E-state index in [0.29, 0.717) is 5.78 Å². The van der Waals surface area contributed by atoms with Crippen molar-refractivity contribution >= 4 is 11.6 Å². The van der Waals surface area contributed by atoms with Crippen molar-refractivity contribution < 1.29 is 9.59 Å². The number of Topliss-reactive ketones (excluding diaryl/α,β-unsaturated/α-hetero) is 1. The molecule has 1 spiro atoms. The summed E-state index contributed by atoms with van der Waals surface area (Å²) in [6.45, 7) is 0. The van der Waals surface area contributed by atoms with E-state index in [2.05, 4.69) is 0 Å². The average Bonchev–Trinajstić information content (AvgIpc) is 3.00. The fourth-order valence-electron chi connectivity index (χ4n) is 6.26. The Labute approximate surface area is 119 Å². The summed E-state index contributed by atoms with van der Waals surface area (Å²) in [6, 6.07) is 0. The van der Waals surface area contributed by atoms with Gasteiger partial charge in [-0.1, -0.05) is 23.1 Å². The van der Waals surface area contributed by atoms with Crippen LogP contribution in [0, 0.1) is 23.2 Å². The van der Waals surface area contributed by atoms with E-state index < -0.39 is 0 Å². The van der Waals surface area contributed by atoms with Crippen molar-refractivity contribution in [3.63, 3.8) is 0 Å². The number of hydrogen-bond acceptors (Lipinski definition) is 2. The van der Waals surface area contributed by atoms with E-state index in [9.17, 15) is 9.59 Å². The van der Waals surface area contributed by atoms with Crippen LogP contribution in [-0.4, -0.2) is 11.6 Å². The molecule has 4 atom stereocenters. The van der Waals surface area contributed by atoms with Crippen LogP contribution in [0.3, 0.4) is 0 Å². The van der Waals surface area contributed by atoms with Gasteiger partial charge in [0.05, 0.1) is 5.92 Å². The summed E-state index contributed by atoms with van der Waals surface area (Å²) in [5.74, 6) is 0.787. The number of carbonyl (C=O) groups excluding carboxylic acids is 2. The Bertz CT molecular complexity index is 609. The minimum absolute atomic E-state index is 0.00662. The number of allylic oxidation sites excluding steroid dienone is 4. The van der Waals surface area contributed by atoms with Gasteiger partial charge in [0, 0.05) is 17.3 Å². The third-order valence-corrected chi connectivity index (χ3v) is 6.78. The maximum atomic E-state index is 12.9. The van der Waals surface area contributed by atoms with Gasteiger partial charge in [0.1, 0.15) is 5.78 Å². The van der Waals surface area contributed by atoms with Gasteiger partial charge in [-0.15, -0.1) is 0 Å². The summed E-state index contributed by atoms with van der Waals surface area (Å²) in [6.07, 6.45) is 11.1. The number of rotatable bonds is 0. The van der Waals surface area contributed by atoms with Crippen LogP contribution in [0.5, 0.6) is 0 Å². The maximum absolute atomic E-state index is 12.9. The first-order valence-corrected chi connectivity index (χ1v) is 8.25. The molecular formula is C18H20O2. The Balaban J connectivity index is 1.74. The van der Waals surface area contributed by atoms with Gasteiger partial charge in [-0.05, 0) is 51.0 Å². The molecule has 20 heavy (non-hydrogen) atoms. The summed E-state index contributed by atoms with van der Waals surface area (Å²) >= 11 is 0. The predicted octanol–water partition coefficient (Wildman–Crippen LogP) is 3.37. The molecule has 5 aliphatic carbocycles. The first-order valence-electron chi connectivity index (χ1n) is 8.25. The van der Waals surface area contributed by atoms with Crippen molar-refractivity contribution in [2.24, 2.45) is 23.2 Å². The average molecular weight is 268 g/mol. The lowest BCUT2D eigenvalue weighted by atomic mass is 9.57. The zero-order valence-corrected chi connectivity index (χ0v) is 11.8. The van der Waals surface area contributed by atoms with E-state index in [0.717, 1.165) is 25.7 Å². The third-order valence-electron chi connectivity index (χ3n) is 6.78. The van der Waals surface area contributed by atoms with Crippen LogP contribution in [0.25, 0.3) is 0 Å². The van der Waals surface area contributed by atoms with Crippen LogP contribution in [0.4, 0.5) is 0 Å². The lowest BCUT2D eigenvalue weighted by molar-refractivity contribution is -0.124. The van der Waals surface area contributed by atoms with Gasteiger partial charge in [0.25, 0.3) is 0 Å². The largest absolute Gasteiger partial charge is 0.298 e. The monoisotopic (exact) mass is 268 g/mol. The van der Waals surface area contributed by atoms with Crippen LogP contribution in [0.1, 0.15) is 51.4 Å². The summed E-state index contributed by atoms with van der Waals surface area (Å²) in [5, 5.41) is 0. The first kappa shape index (κ1) is 11.5. The molecular weight excluding hydrogens is 248 g/mol. The number of ketones is 2. The smallest absolute Gasteiger partial charge is 0.160 e. The number of carbonyl (C=O) groups is 2. The summed E-state index contributed by atoms with van der Waals surface area (Å²) < 4.78 is 0. The zero-order valence-electron chi connectivity index (χ0n) is 11.8. The fraction of sp³-hybridized carbons (Fsp3) is 0.667. The van der Waals surface area contributed by atoms with E-state index in [-0.39, 0.29) is 29.0 Å². The van der Waals surface area contributed by atoms with Gasteiger partial charge in [-0.25, -0.2) is 0 Å². The molecule has 2 fully saturated rings. The van der Waals surface area contributed by atoms with E-state index >= 15 is 0 Å². The van der Waals surface area contributed by atoms with Crippen LogP contribution in [0.15, 0.2) is 22.8 Å². The Kier molecular flexibility index (Phi) is 2.02. The van der Waals surface area contributed by atoms with Gasteiger partial charge in [0.2, 0.25) is 0 Å². The van der Waals surface area contributed by atoms with Gasteiger partial charge in [-0.3, -0.25) is 9.59 Å². The molecule has 5 rings (SSSR count). The molecule has 2 bridgehead atoms. The zero-order chi connectivity index (χ0) is 13.5. The highest BCUT2D eigenvalue weighted by atomic mass is 16.1. The fourth-order valence-corrected chi connectivity index (χ4v) is 6.26. The molecule has 0 aromatic rings. The molecule has 0 aliphatic heterocycles. The second-order valence-electron chi connectivity index (χ2n) is 7.37. The topological polar surface area (TPSA) is 34.1 Å². The highest BCUT2D eigenvalue weighted by molar-refractivity contribution is 6.08. The second kappa shape index (κ2) is 3.52. The van der Waals surface area contributed by atoms with E-state index in [1.54, 1.807) is 0 Å². The Hall–Kier alpha value is -1.18. The summed E-state index contributed by atoms with van der Waals surface area (Å²) in [7, 11) is 0. The van der Waals surface area contributed by atoms with E-state index in [1.807, 2.05) is 6.08 Å². The molecule has 0 aromatic carbocycles. The van der Waals surface area contributed by atoms with Crippen molar-refractivity contribution in [1.82, 2.24) is 0 Å². The van der Waals surface area contributed by atoms with Gasteiger partial charge in [0.15, 0.2) is 5.78 Å². The lowest BCUT2D eigenvalue weighted by Crippen LogP contribution is -2.40. The standard InChI is InChI=1S/C18H20O2/c19-13-9-10-5-3-4-8-18(10)15-12-7-2-1-6-11(12)14(16(13)18)17(15)20/h9,14-16H,1-8H2/t14-,15+,16-,18-/m0/s1. The van der Waals surface area contributed by atoms with Crippen molar-refractivity contribution in [2.45, 2.75) is 51.4 Å². The van der Waals surface area contributed by atoms with E-state index in [4.69, 9.17) is 0 Å². The predicted molar refractivity (Wildman–Crippen MR) is 75.0 cm³/mol. The molecule has 2 nitrogen and oxygen atoms in total. The Morgan fingerprint density at radius 2 is 1.70 bits per heavy atom. The highest BCUT2D eigenvalue weighted by Crippen LogP contribution is 2.70. The molecule has 0 unspecified atom stereocenters. The number of hydrogen-bond donors (Lipinski definition) is 0. The molecule has 104 valence electrons. The molecule has 0 saturated heterocycles. The van der Waals surface area contributed by atoms with Crippen LogP contribution < -0.4 is 0 Å². The third kappa shape index (κ3) is 1.03. The minimum Gasteiger partial charge on any atom is -0.298 e. The van der Waals surface area contributed by atoms with Gasteiger partial charge >= 0.3 is 0 Å². The molecule has 0 heterocycles. The van der Waals surface area contributed by atoms with E-state index in [1.165, 1.54) is 42.4 Å². The normalized spacial score (nSPS) is 45.4. The highest BCUT2D eigenvalue weighted by Gasteiger charge is 2.70. The van der Waals surface area contributed by atoms with Crippen molar-refractivity contribution in [2.75, 3.05) is 0 Å². The van der Waals surface area contributed by atoms with Gasteiger partial charge < -0.3 is 0 Å². The molecule has 0 radical (unpaired) electrons. The van der Waals surface area contributed by atoms with Gasteiger partial charge in [-0.2, -0.15) is 0 Å². The minimum atomic E-state index is -0.0484. The quantitative estimate of drug-likeness (QED) is 0.631. The molecule has 2 saturated carbocycles. The SMILES string of the molecule is O=C1[C@H]2C3=C(CCCC3)[C@H]1[C@]13CCCCC1=CC(=O)[C@@H]23. The summed E-state index contributed by atoms with van der Waals surface area (Å²) in [4.78, 5) is 25.5. The molecule has 2 heteroatoms. The lowest BCUT2D eigenvalue weighted by Gasteiger charge is -2.45. The first-order chi connectivity index (χ1) is 9.75.